The molecule has 0 radical (unpaired) electrons. The minimum absolute atomic E-state index is 0.000849. The van der Waals surface area contributed by atoms with E-state index in [-0.39, 0.29) is 5.89 Å². The maximum Gasteiger partial charge on any atom is 0.396 e. The second kappa shape index (κ2) is 3.53. The Morgan fingerprint density at radius 2 is 2.15 bits per heavy atom. The fraction of sp³-hybridized carbons (Fsp3) is 0.667. The van der Waals surface area contributed by atoms with Crippen LogP contribution in [0.5, 0.6) is 0 Å². The highest BCUT2D eigenvalue weighted by Gasteiger charge is 2.30. The van der Waals surface area contributed by atoms with Crippen molar-refractivity contribution in [3.63, 3.8) is 0 Å². The maximum absolute atomic E-state index is 11.8. The van der Waals surface area contributed by atoms with Crippen molar-refractivity contribution in [3.8, 4) is 0 Å². The van der Waals surface area contributed by atoms with Gasteiger partial charge in [0, 0.05) is 0 Å². The zero-order valence-electron chi connectivity index (χ0n) is 6.60. The smallest absolute Gasteiger partial charge is 0.338 e. The first-order chi connectivity index (χ1) is 5.88. The SMILES string of the molecule is CC(Cl)c1nc(CC(F)(F)F)no1. The molecule has 0 bridgehead atoms. The third-order valence-corrected chi connectivity index (χ3v) is 1.37. The van der Waals surface area contributed by atoms with E-state index in [4.69, 9.17) is 11.6 Å². The molecule has 1 aromatic rings. The number of rotatable bonds is 2. The highest BCUT2D eigenvalue weighted by atomic mass is 35.5. The molecule has 0 N–H and O–H groups in total. The van der Waals surface area contributed by atoms with Gasteiger partial charge >= 0.3 is 6.18 Å². The van der Waals surface area contributed by atoms with Crippen LogP contribution < -0.4 is 0 Å². The number of halogens is 4. The molecule has 74 valence electrons. The Labute approximate surface area is 76.9 Å². The van der Waals surface area contributed by atoms with E-state index >= 15 is 0 Å². The lowest BCUT2D eigenvalue weighted by molar-refractivity contribution is -0.128. The van der Waals surface area contributed by atoms with E-state index in [1.165, 1.54) is 6.92 Å². The summed E-state index contributed by atoms with van der Waals surface area (Å²) in [5.74, 6) is -0.393. The van der Waals surface area contributed by atoms with Gasteiger partial charge in [0.05, 0.1) is 0 Å². The van der Waals surface area contributed by atoms with Crippen LogP contribution in [0.2, 0.25) is 0 Å². The second-order valence-corrected chi connectivity index (χ2v) is 3.11. The molecule has 1 atom stereocenters. The summed E-state index contributed by atoms with van der Waals surface area (Å²) in [5, 5.41) is 2.56. The molecule has 3 nitrogen and oxygen atoms in total. The molecule has 0 fully saturated rings. The number of hydrogen-bond acceptors (Lipinski definition) is 3. The lowest BCUT2D eigenvalue weighted by Crippen LogP contribution is -2.12. The monoisotopic (exact) mass is 214 g/mol. The minimum Gasteiger partial charge on any atom is -0.338 e. The largest absolute Gasteiger partial charge is 0.396 e. The summed E-state index contributed by atoms with van der Waals surface area (Å²) in [6, 6.07) is 0. The molecule has 0 saturated heterocycles. The van der Waals surface area contributed by atoms with Gasteiger partial charge in [-0.25, -0.2) is 0 Å². The van der Waals surface area contributed by atoms with Gasteiger partial charge in [-0.3, -0.25) is 0 Å². The van der Waals surface area contributed by atoms with Gasteiger partial charge in [0.1, 0.15) is 11.8 Å². The third-order valence-electron chi connectivity index (χ3n) is 1.18. The number of hydrogen-bond donors (Lipinski definition) is 0. The molecule has 13 heavy (non-hydrogen) atoms. The van der Waals surface area contributed by atoms with Crippen LogP contribution in [0.3, 0.4) is 0 Å². The predicted molar refractivity (Wildman–Crippen MR) is 38.3 cm³/mol. The van der Waals surface area contributed by atoms with Gasteiger partial charge in [0.15, 0.2) is 5.82 Å². The molecule has 1 aromatic heterocycles. The van der Waals surface area contributed by atoms with Crippen LogP contribution in [-0.4, -0.2) is 16.3 Å². The van der Waals surface area contributed by atoms with Gasteiger partial charge in [0.25, 0.3) is 0 Å². The van der Waals surface area contributed by atoms with Crippen LogP contribution in [-0.2, 0) is 6.42 Å². The average molecular weight is 215 g/mol. The lowest BCUT2D eigenvalue weighted by Gasteiger charge is -1.99. The van der Waals surface area contributed by atoms with Crippen molar-refractivity contribution < 1.29 is 17.7 Å². The molecule has 0 aromatic carbocycles. The Balaban J connectivity index is 2.70. The highest BCUT2D eigenvalue weighted by Crippen LogP contribution is 2.22. The van der Waals surface area contributed by atoms with E-state index in [9.17, 15) is 13.2 Å². The number of nitrogens with zero attached hydrogens (tertiary/aromatic N) is 2. The van der Waals surface area contributed by atoms with Gasteiger partial charge < -0.3 is 4.52 Å². The summed E-state index contributed by atoms with van der Waals surface area (Å²) in [7, 11) is 0. The van der Waals surface area contributed by atoms with Crippen molar-refractivity contribution in [1.82, 2.24) is 10.1 Å². The summed E-state index contributed by atoms with van der Waals surface area (Å²) in [6.07, 6.45) is -5.52. The molecule has 0 saturated carbocycles. The van der Waals surface area contributed by atoms with E-state index in [1.807, 2.05) is 0 Å². The molecule has 1 heterocycles. The average Bonchev–Trinajstić information content (AvgIpc) is 2.31. The Bertz CT molecular complexity index is 284. The summed E-state index contributed by atoms with van der Waals surface area (Å²) in [5.41, 5.74) is 0. The van der Waals surface area contributed by atoms with E-state index in [1.54, 1.807) is 0 Å². The lowest BCUT2D eigenvalue weighted by atomic mass is 10.4. The zero-order valence-corrected chi connectivity index (χ0v) is 7.35. The van der Waals surface area contributed by atoms with Crippen LogP contribution in [0.4, 0.5) is 13.2 Å². The van der Waals surface area contributed by atoms with Gasteiger partial charge in [-0.2, -0.15) is 18.2 Å². The van der Waals surface area contributed by atoms with E-state index in [0.717, 1.165) is 0 Å². The molecule has 0 aliphatic rings. The van der Waals surface area contributed by atoms with Crippen LogP contribution in [0, 0.1) is 0 Å². The normalized spacial score (nSPS) is 14.5. The zero-order chi connectivity index (χ0) is 10.1. The molecule has 1 unspecified atom stereocenters. The maximum atomic E-state index is 11.8. The van der Waals surface area contributed by atoms with Gasteiger partial charge in [-0.15, -0.1) is 11.6 Å². The van der Waals surface area contributed by atoms with Crippen molar-refractivity contribution in [1.29, 1.82) is 0 Å². The van der Waals surface area contributed by atoms with Gasteiger partial charge in [0.2, 0.25) is 5.89 Å². The third kappa shape index (κ3) is 3.22. The topological polar surface area (TPSA) is 38.9 Å². The molecule has 7 heteroatoms. The van der Waals surface area contributed by atoms with E-state index in [2.05, 4.69) is 14.7 Å². The van der Waals surface area contributed by atoms with Crippen LogP contribution in [0.1, 0.15) is 24.0 Å². The summed E-state index contributed by atoms with van der Waals surface area (Å²) in [6.45, 7) is 1.53. The van der Waals surface area contributed by atoms with Crippen molar-refractivity contribution in [2.45, 2.75) is 24.9 Å². The predicted octanol–water partition coefficient (Wildman–Crippen LogP) is 2.47. The Morgan fingerprint density at radius 1 is 1.54 bits per heavy atom. The van der Waals surface area contributed by atoms with Crippen molar-refractivity contribution >= 4 is 11.6 Å². The fourth-order valence-electron chi connectivity index (χ4n) is 0.680. The molecule has 0 aliphatic carbocycles. The summed E-state index contributed by atoms with van der Waals surface area (Å²) in [4.78, 5) is 3.47. The van der Waals surface area contributed by atoms with E-state index < -0.39 is 23.8 Å². The first kappa shape index (κ1) is 10.3. The standard InChI is InChI=1S/C6H6ClF3N2O/c1-3(7)5-11-4(12-13-5)2-6(8,9)10/h3H,2H2,1H3. The van der Waals surface area contributed by atoms with Gasteiger partial charge in [-0.05, 0) is 6.92 Å². The Hall–Kier alpha value is -0.780. The van der Waals surface area contributed by atoms with Crippen molar-refractivity contribution in [3.05, 3.63) is 11.7 Å². The summed E-state index contributed by atoms with van der Waals surface area (Å²) >= 11 is 5.51. The van der Waals surface area contributed by atoms with Crippen LogP contribution in [0.25, 0.3) is 0 Å². The quantitative estimate of drug-likeness (QED) is 0.710. The van der Waals surface area contributed by atoms with Gasteiger partial charge in [-0.1, -0.05) is 5.16 Å². The number of aromatic nitrogens is 2. The fourth-order valence-corrected chi connectivity index (χ4v) is 0.769. The Kier molecular flexibility index (Phi) is 2.80. The molecular weight excluding hydrogens is 209 g/mol. The number of alkyl halides is 4. The van der Waals surface area contributed by atoms with Crippen molar-refractivity contribution in [2.75, 3.05) is 0 Å². The molecule has 0 amide bonds. The van der Waals surface area contributed by atoms with E-state index in [0.29, 0.717) is 0 Å². The molecule has 0 aliphatic heterocycles. The first-order valence-electron chi connectivity index (χ1n) is 3.42. The highest BCUT2D eigenvalue weighted by molar-refractivity contribution is 6.20. The van der Waals surface area contributed by atoms with Crippen molar-refractivity contribution in [2.24, 2.45) is 0 Å². The second-order valence-electron chi connectivity index (χ2n) is 2.46. The Morgan fingerprint density at radius 3 is 2.54 bits per heavy atom. The minimum atomic E-state index is -4.32. The molecule has 1 rings (SSSR count). The summed E-state index contributed by atoms with van der Waals surface area (Å²) < 4.78 is 39.9. The first-order valence-corrected chi connectivity index (χ1v) is 3.85. The van der Waals surface area contributed by atoms with Crippen LogP contribution >= 0.6 is 11.6 Å². The molecule has 0 spiro atoms. The van der Waals surface area contributed by atoms with Crippen LogP contribution in [0.15, 0.2) is 4.52 Å². The molecular formula is C6H6ClF3N2O.